The van der Waals surface area contributed by atoms with Crippen molar-refractivity contribution in [2.45, 2.75) is 19.0 Å². The average Bonchev–Trinajstić information content (AvgIpc) is 3.41. The number of ketones is 1. The monoisotopic (exact) mass is 402 g/mol. The van der Waals surface area contributed by atoms with Crippen molar-refractivity contribution < 1.29 is 23.9 Å². The van der Waals surface area contributed by atoms with Crippen LogP contribution < -0.4 is 14.4 Å². The van der Waals surface area contributed by atoms with Crippen LogP contribution in [0, 0.1) is 11.8 Å². The highest BCUT2D eigenvalue weighted by atomic mass is 16.7. The Kier molecular flexibility index (Phi) is 3.42. The van der Waals surface area contributed by atoms with E-state index < -0.39 is 17.9 Å². The molecular weight excluding hydrogens is 384 g/mol. The number of benzene rings is 2. The highest BCUT2D eigenvalue weighted by molar-refractivity contribution is 6.24. The van der Waals surface area contributed by atoms with Crippen LogP contribution in [-0.2, 0) is 14.4 Å². The number of hydrogen-bond acceptors (Lipinski definition) is 6. The van der Waals surface area contributed by atoms with Crippen LogP contribution in [0.2, 0.25) is 0 Å². The molecule has 0 saturated carbocycles. The zero-order chi connectivity index (χ0) is 20.6. The quantitative estimate of drug-likeness (QED) is 0.719. The molecular formula is C23H18N2O5. The average molecular weight is 402 g/mol. The SMILES string of the molecule is CC(=O)[C@@H]1[C@H]2C(=O)N(c3ccc4c(c3)OCO4)C(=O)[C@@H]2[C@@H]2c3ccccc3C=CN12. The van der Waals surface area contributed by atoms with Gasteiger partial charge in [-0.1, -0.05) is 24.3 Å². The van der Waals surface area contributed by atoms with Gasteiger partial charge < -0.3 is 14.4 Å². The molecule has 0 spiro atoms. The Labute approximate surface area is 172 Å². The molecule has 150 valence electrons. The second kappa shape index (κ2) is 5.95. The molecule has 0 bridgehead atoms. The minimum Gasteiger partial charge on any atom is -0.454 e. The van der Waals surface area contributed by atoms with E-state index in [-0.39, 0.29) is 30.4 Å². The van der Waals surface area contributed by atoms with Crippen molar-refractivity contribution >= 4 is 29.4 Å². The molecule has 2 fully saturated rings. The number of amides is 2. The Bertz CT molecular complexity index is 1160. The molecule has 2 saturated heterocycles. The van der Waals surface area contributed by atoms with Crippen LogP contribution in [-0.4, -0.2) is 35.3 Å². The van der Waals surface area contributed by atoms with Gasteiger partial charge in [0, 0.05) is 12.3 Å². The minimum absolute atomic E-state index is 0.110. The first kappa shape index (κ1) is 17.3. The van der Waals surface area contributed by atoms with Crippen molar-refractivity contribution in [3.8, 4) is 11.5 Å². The molecule has 0 radical (unpaired) electrons. The molecule has 4 atom stereocenters. The molecule has 0 N–H and O–H groups in total. The maximum atomic E-state index is 13.6. The van der Waals surface area contributed by atoms with Crippen LogP contribution in [0.5, 0.6) is 11.5 Å². The van der Waals surface area contributed by atoms with Gasteiger partial charge in [-0.2, -0.15) is 0 Å². The summed E-state index contributed by atoms with van der Waals surface area (Å²) in [6.45, 7) is 1.60. The van der Waals surface area contributed by atoms with E-state index in [1.165, 1.54) is 11.8 Å². The molecule has 7 nitrogen and oxygen atoms in total. The van der Waals surface area contributed by atoms with E-state index in [9.17, 15) is 14.4 Å². The van der Waals surface area contributed by atoms with Crippen LogP contribution >= 0.6 is 0 Å². The molecule has 0 aliphatic carbocycles. The third-order valence-electron chi connectivity index (χ3n) is 6.49. The van der Waals surface area contributed by atoms with Crippen LogP contribution in [0.25, 0.3) is 6.08 Å². The van der Waals surface area contributed by atoms with Crippen molar-refractivity contribution in [3.63, 3.8) is 0 Å². The highest BCUT2D eigenvalue weighted by Gasteiger charge is 2.64. The summed E-state index contributed by atoms with van der Waals surface area (Å²) in [6.07, 6.45) is 3.79. The van der Waals surface area contributed by atoms with Gasteiger partial charge in [-0.15, -0.1) is 0 Å². The van der Waals surface area contributed by atoms with E-state index in [2.05, 4.69) is 0 Å². The summed E-state index contributed by atoms with van der Waals surface area (Å²) in [7, 11) is 0. The molecule has 30 heavy (non-hydrogen) atoms. The molecule has 6 rings (SSSR count). The Morgan fingerprint density at radius 3 is 2.60 bits per heavy atom. The number of hydrogen-bond donors (Lipinski definition) is 0. The van der Waals surface area contributed by atoms with Crippen molar-refractivity contribution in [1.82, 2.24) is 4.90 Å². The van der Waals surface area contributed by atoms with Gasteiger partial charge in [-0.05, 0) is 36.3 Å². The predicted molar refractivity (Wildman–Crippen MR) is 107 cm³/mol. The summed E-state index contributed by atoms with van der Waals surface area (Å²) in [5, 5.41) is 0. The highest BCUT2D eigenvalue weighted by Crippen LogP contribution is 2.53. The standard InChI is InChI=1S/C23H18N2O5/c1-12(26)20-18-19(21-15-5-3-2-4-13(15)8-9-24(20)21)23(28)25(22(18)27)14-6-7-16-17(10-14)30-11-29-16/h2-10,18-21H,11H2,1H3/t18-,19-,20+,21-/m0/s1. The third-order valence-corrected chi connectivity index (χ3v) is 6.49. The van der Waals surface area contributed by atoms with E-state index in [0.717, 1.165) is 11.1 Å². The molecule has 2 amide bonds. The Morgan fingerprint density at radius 2 is 1.77 bits per heavy atom. The molecule has 0 unspecified atom stereocenters. The second-order valence-corrected chi connectivity index (χ2v) is 7.99. The van der Waals surface area contributed by atoms with Gasteiger partial charge in [0.05, 0.1) is 29.6 Å². The van der Waals surface area contributed by atoms with Crippen LogP contribution in [0.15, 0.2) is 48.7 Å². The summed E-state index contributed by atoms with van der Waals surface area (Å²) in [6, 6.07) is 11.8. The smallest absolute Gasteiger partial charge is 0.240 e. The molecule has 4 aliphatic rings. The van der Waals surface area contributed by atoms with Crippen LogP contribution in [0.3, 0.4) is 0 Å². The number of anilines is 1. The summed E-state index contributed by atoms with van der Waals surface area (Å²) in [5.41, 5.74) is 2.41. The second-order valence-electron chi connectivity index (χ2n) is 7.99. The van der Waals surface area contributed by atoms with Crippen molar-refractivity contribution in [1.29, 1.82) is 0 Å². The molecule has 7 heteroatoms. The number of rotatable bonds is 2. The van der Waals surface area contributed by atoms with Crippen molar-refractivity contribution in [3.05, 3.63) is 59.8 Å². The Morgan fingerprint density at radius 1 is 1.00 bits per heavy atom. The number of carbonyl (C=O) groups is 3. The molecule has 2 aromatic rings. The number of Topliss-reactive ketones (excluding diaryl/α,β-unsaturated/α-hetero) is 1. The van der Waals surface area contributed by atoms with Gasteiger partial charge in [-0.25, -0.2) is 4.90 Å². The largest absolute Gasteiger partial charge is 0.454 e. The van der Waals surface area contributed by atoms with E-state index in [1.54, 1.807) is 18.2 Å². The van der Waals surface area contributed by atoms with Crippen LogP contribution in [0.1, 0.15) is 24.1 Å². The fourth-order valence-electron chi connectivity index (χ4n) is 5.30. The normalized spacial score (nSPS) is 27.9. The zero-order valence-electron chi connectivity index (χ0n) is 16.1. The Balaban J connectivity index is 1.47. The molecule has 0 aromatic heterocycles. The van der Waals surface area contributed by atoms with Gasteiger partial charge >= 0.3 is 0 Å². The topological polar surface area (TPSA) is 76.1 Å². The summed E-state index contributed by atoms with van der Waals surface area (Å²) >= 11 is 0. The van der Waals surface area contributed by atoms with Gasteiger partial charge in [-0.3, -0.25) is 14.4 Å². The fraction of sp³-hybridized carbons (Fsp3) is 0.261. The maximum absolute atomic E-state index is 13.6. The predicted octanol–water partition coefficient (Wildman–Crippen LogP) is 2.52. The lowest BCUT2D eigenvalue weighted by Gasteiger charge is -2.34. The molecule has 4 heterocycles. The third kappa shape index (κ3) is 2.12. The van der Waals surface area contributed by atoms with Crippen molar-refractivity contribution in [2.24, 2.45) is 11.8 Å². The molecule has 4 aliphatic heterocycles. The first-order valence-electron chi connectivity index (χ1n) is 9.89. The lowest BCUT2D eigenvalue weighted by atomic mass is 9.84. The van der Waals surface area contributed by atoms with Gasteiger partial charge in [0.2, 0.25) is 18.6 Å². The first-order valence-corrected chi connectivity index (χ1v) is 9.89. The van der Waals surface area contributed by atoms with Gasteiger partial charge in [0.15, 0.2) is 17.3 Å². The summed E-state index contributed by atoms with van der Waals surface area (Å²) in [5.74, 6) is -1.01. The number of imide groups is 1. The zero-order valence-corrected chi connectivity index (χ0v) is 16.1. The van der Waals surface area contributed by atoms with E-state index in [4.69, 9.17) is 9.47 Å². The fourth-order valence-corrected chi connectivity index (χ4v) is 5.30. The summed E-state index contributed by atoms with van der Waals surface area (Å²) in [4.78, 5) is 42.8. The number of fused-ring (bicyclic) bond motifs is 6. The lowest BCUT2D eigenvalue weighted by Crippen LogP contribution is -2.43. The Hall–Kier alpha value is -3.61. The van der Waals surface area contributed by atoms with Crippen LogP contribution in [0.4, 0.5) is 5.69 Å². The first-order chi connectivity index (χ1) is 14.6. The van der Waals surface area contributed by atoms with Gasteiger partial charge in [0.25, 0.3) is 0 Å². The van der Waals surface area contributed by atoms with Crippen molar-refractivity contribution in [2.75, 3.05) is 11.7 Å². The van der Waals surface area contributed by atoms with E-state index in [1.807, 2.05) is 41.4 Å². The van der Waals surface area contributed by atoms with E-state index in [0.29, 0.717) is 17.2 Å². The van der Waals surface area contributed by atoms with Gasteiger partial charge in [0.1, 0.15) is 0 Å². The number of nitrogens with zero attached hydrogens (tertiary/aromatic N) is 2. The molecule has 2 aromatic carbocycles. The lowest BCUT2D eigenvalue weighted by molar-refractivity contribution is -0.129. The number of carbonyl (C=O) groups excluding carboxylic acids is 3. The number of ether oxygens (including phenoxy) is 2. The van der Waals surface area contributed by atoms with E-state index >= 15 is 0 Å². The summed E-state index contributed by atoms with van der Waals surface area (Å²) < 4.78 is 10.7. The maximum Gasteiger partial charge on any atom is 0.240 e. The minimum atomic E-state index is -0.721.